The number of nitrogens with one attached hydrogen (secondary N) is 1. The van der Waals surface area contributed by atoms with E-state index in [1.165, 1.54) is 4.90 Å². The van der Waals surface area contributed by atoms with Crippen molar-refractivity contribution in [1.29, 1.82) is 0 Å². The van der Waals surface area contributed by atoms with E-state index in [0.717, 1.165) is 22.0 Å². The molecule has 0 heterocycles. The van der Waals surface area contributed by atoms with Crippen LogP contribution < -0.4 is 10.1 Å². The van der Waals surface area contributed by atoms with Crippen molar-refractivity contribution in [3.63, 3.8) is 0 Å². The van der Waals surface area contributed by atoms with Gasteiger partial charge in [0.25, 0.3) is 5.91 Å². The average Bonchev–Trinajstić information content (AvgIpc) is 2.75. The molecular weight excluding hydrogens is 504 g/mol. The van der Waals surface area contributed by atoms with Gasteiger partial charge in [-0.15, -0.1) is 0 Å². The third-order valence-electron chi connectivity index (χ3n) is 5.56. The number of halogens is 2. The van der Waals surface area contributed by atoms with Gasteiger partial charge in [0.05, 0.1) is 4.47 Å². The highest BCUT2D eigenvalue weighted by atomic mass is 79.9. The molecule has 0 aliphatic heterocycles. The summed E-state index contributed by atoms with van der Waals surface area (Å²) in [6.45, 7) is 12.1. The Bertz CT molecular complexity index is 974. The first-order chi connectivity index (χ1) is 15.4. The van der Waals surface area contributed by atoms with Crippen molar-refractivity contribution in [2.75, 3.05) is 6.61 Å². The fraction of sp³-hybridized carbons (Fsp3) is 0.462. The van der Waals surface area contributed by atoms with Crippen LogP contribution in [0.3, 0.4) is 0 Å². The van der Waals surface area contributed by atoms with Gasteiger partial charge in [-0.1, -0.05) is 57.5 Å². The van der Waals surface area contributed by atoms with Gasteiger partial charge in [0.2, 0.25) is 5.91 Å². The Balaban J connectivity index is 2.19. The summed E-state index contributed by atoms with van der Waals surface area (Å²) in [6.07, 6.45) is 0.808. The SMILES string of the molecule is CC[C@@H](C)NC(=O)[C@@H](C)N(Cc1cccc(Cl)c1)C(=O)COc1ccc(C(C)(C)C)cc1Br. The first-order valence-electron chi connectivity index (χ1n) is 11.2. The number of carbonyl (C=O) groups excluding carboxylic acids is 2. The first-order valence-corrected chi connectivity index (χ1v) is 12.4. The maximum absolute atomic E-state index is 13.2. The number of nitrogens with zero attached hydrogens (tertiary/aromatic N) is 1. The van der Waals surface area contributed by atoms with E-state index < -0.39 is 6.04 Å². The van der Waals surface area contributed by atoms with Crippen LogP contribution in [0.1, 0.15) is 59.1 Å². The summed E-state index contributed by atoms with van der Waals surface area (Å²) in [4.78, 5) is 27.5. The van der Waals surface area contributed by atoms with Gasteiger partial charge >= 0.3 is 0 Å². The summed E-state index contributed by atoms with van der Waals surface area (Å²) in [5.74, 6) is 0.0970. The van der Waals surface area contributed by atoms with Gasteiger partial charge in [0, 0.05) is 17.6 Å². The third kappa shape index (κ3) is 8.04. The molecule has 2 aromatic carbocycles. The third-order valence-corrected chi connectivity index (χ3v) is 6.41. The number of rotatable bonds is 9. The van der Waals surface area contributed by atoms with Crippen LogP contribution in [-0.4, -0.2) is 35.4 Å². The zero-order valence-corrected chi connectivity index (χ0v) is 22.6. The van der Waals surface area contributed by atoms with Crippen molar-refractivity contribution in [1.82, 2.24) is 10.2 Å². The molecule has 33 heavy (non-hydrogen) atoms. The highest BCUT2D eigenvalue weighted by Gasteiger charge is 2.27. The molecule has 0 spiro atoms. The Hall–Kier alpha value is -2.05. The van der Waals surface area contributed by atoms with Crippen molar-refractivity contribution in [2.45, 2.75) is 72.0 Å². The summed E-state index contributed by atoms with van der Waals surface area (Å²) < 4.78 is 6.63. The lowest BCUT2D eigenvalue weighted by Crippen LogP contribution is -2.50. The van der Waals surface area contributed by atoms with Gasteiger partial charge in [-0.05, 0) is 77.0 Å². The lowest BCUT2D eigenvalue weighted by atomic mass is 9.87. The number of ether oxygens (including phenoxy) is 1. The summed E-state index contributed by atoms with van der Waals surface area (Å²) in [5, 5.41) is 3.54. The molecule has 7 heteroatoms. The highest BCUT2D eigenvalue weighted by Crippen LogP contribution is 2.31. The van der Waals surface area contributed by atoms with Crippen molar-refractivity contribution in [3.8, 4) is 5.75 Å². The molecule has 0 saturated carbocycles. The van der Waals surface area contributed by atoms with E-state index >= 15 is 0 Å². The second kappa shape index (κ2) is 11.9. The fourth-order valence-corrected chi connectivity index (χ4v) is 3.89. The predicted octanol–water partition coefficient (Wildman–Crippen LogP) is 6.11. The second-order valence-electron chi connectivity index (χ2n) is 9.33. The molecule has 0 aliphatic rings. The van der Waals surface area contributed by atoms with Crippen LogP contribution in [-0.2, 0) is 21.5 Å². The molecule has 180 valence electrons. The minimum atomic E-state index is -0.666. The summed E-state index contributed by atoms with van der Waals surface area (Å²) in [7, 11) is 0. The average molecular weight is 538 g/mol. The summed E-state index contributed by atoms with van der Waals surface area (Å²) >= 11 is 9.68. The Morgan fingerprint density at radius 2 is 1.85 bits per heavy atom. The van der Waals surface area contributed by atoms with Crippen LogP contribution in [0.15, 0.2) is 46.9 Å². The first kappa shape index (κ1) is 27.2. The van der Waals surface area contributed by atoms with Crippen molar-refractivity contribution in [2.24, 2.45) is 0 Å². The molecule has 5 nitrogen and oxygen atoms in total. The van der Waals surface area contributed by atoms with Crippen LogP contribution in [0.5, 0.6) is 5.75 Å². The molecule has 1 N–H and O–H groups in total. The Labute approximate surface area is 211 Å². The number of carbonyl (C=O) groups is 2. The predicted molar refractivity (Wildman–Crippen MR) is 138 cm³/mol. The topological polar surface area (TPSA) is 58.6 Å². The lowest BCUT2D eigenvalue weighted by molar-refractivity contribution is -0.142. The smallest absolute Gasteiger partial charge is 0.261 e. The normalized spacial score (nSPS) is 13.2. The monoisotopic (exact) mass is 536 g/mol. The summed E-state index contributed by atoms with van der Waals surface area (Å²) in [5.41, 5.74) is 2.00. The Kier molecular flexibility index (Phi) is 9.80. The van der Waals surface area contributed by atoms with Gasteiger partial charge in [0.15, 0.2) is 6.61 Å². The van der Waals surface area contributed by atoms with E-state index in [1.807, 2.05) is 44.2 Å². The molecule has 0 fully saturated rings. The van der Waals surface area contributed by atoms with Crippen molar-refractivity contribution >= 4 is 39.3 Å². The number of hydrogen-bond acceptors (Lipinski definition) is 3. The zero-order valence-electron chi connectivity index (χ0n) is 20.2. The molecule has 0 bridgehead atoms. The zero-order chi connectivity index (χ0) is 24.8. The molecule has 0 aliphatic carbocycles. The van der Waals surface area contributed by atoms with E-state index in [4.69, 9.17) is 16.3 Å². The molecule has 0 aromatic heterocycles. The Morgan fingerprint density at radius 3 is 2.42 bits per heavy atom. The van der Waals surface area contributed by atoms with Crippen LogP contribution in [0.4, 0.5) is 0 Å². The van der Waals surface area contributed by atoms with Crippen LogP contribution in [0.25, 0.3) is 0 Å². The fourth-order valence-electron chi connectivity index (χ4n) is 3.19. The second-order valence-corrected chi connectivity index (χ2v) is 10.6. The van der Waals surface area contributed by atoms with E-state index in [2.05, 4.69) is 42.0 Å². The number of amides is 2. The van der Waals surface area contributed by atoms with Gasteiger partial charge < -0.3 is 15.0 Å². The maximum Gasteiger partial charge on any atom is 0.261 e. The van der Waals surface area contributed by atoms with Crippen LogP contribution in [0.2, 0.25) is 5.02 Å². The van der Waals surface area contributed by atoms with Crippen LogP contribution >= 0.6 is 27.5 Å². The van der Waals surface area contributed by atoms with E-state index in [0.29, 0.717) is 10.8 Å². The van der Waals surface area contributed by atoms with Gasteiger partial charge in [-0.25, -0.2) is 0 Å². The maximum atomic E-state index is 13.2. The quantitative estimate of drug-likeness (QED) is 0.420. The van der Waals surface area contributed by atoms with Gasteiger partial charge in [0.1, 0.15) is 11.8 Å². The largest absolute Gasteiger partial charge is 0.483 e. The molecule has 0 saturated heterocycles. The number of benzene rings is 2. The highest BCUT2D eigenvalue weighted by molar-refractivity contribution is 9.10. The van der Waals surface area contributed by atoms with Gasteiger partial charge in [-0.3, -0.25) is 9.59 Å². The molecule has 2 aromatic rings. The van der Waals surface area contributed by atoms with E-state index in [-0.39, 0.29) is 36.4 Å². The van der Waals surface area contributed by atoms with Crippen LogP contribution in [0, 0.1) is 0 Å². The molecule has 0 unspecified atom stereocenters. The van der Waals surface area contributed by atoms with E-state index in [1.54, 1.807) is 19.1 Å². The van der Waals surface area contributed by atoms with Crippen molar-refractivity contribution < 1.29 is 14.3 Å². The minimum Gasteiger partial charge on any atom is -0.483 e. The molecule has 2 rings (SSSR count). The van der Waals surface area contributed by atoms with E-state index in [9.17, 15) is 9.59 Å². The molecule has 2 amide bonds. The van der Waals surface area contributed by atoms with Gasteiger partial charge in [-0.2, -0.15) is 0 Å². The molecule has 2 atom stereocenters. The molecular formula is C26H34BrClN2O3. The number of hydrogen-bond donors (Lipinski definition) is 1. The van der Waals surface area contributed by atoms with Crippen molar-refractivity contribution in [3.05, 3.63) is 63.1 Å². The summed E-state index contributed by atoms with van der Waals surface area (Å²) in [6, 6.07) is 12.5. The Morgan fingerprint density at radius 1 is 1.15 bits per heavy atom. The standard InChI is InChI=1S/C26H34BrClN2O3/c1-7-17(2)29-25(32)18(3)30(15-19-9-8-10-21(28)13-19)24(31)16-33-23-12-11-20(14-22(23)27)26(4,5)6/h8-14,17-18H,7,15-16H2,1-6H3,(H,29,32)/t17-,18-/m1/s1. The molecule has 0 radical (unpaired) electrons. The lowest BCUT2D eigenvalue weighted by Gasteiger charge is -2.29. The minimum absolute atomic E-state index is 0.00302.